The fourth-order valence-corrected chi connectivity index (χ4v) is 3.20. The molecule has 2 unspecified atom stereocenters. The Labute approximate surface area is 123 Å². The monoisotopic (exact) mass is 289 g/mol. The molecule has 2 saturated carbocycles. The number of nitrogens with one attached hydrogen (secondary N) is 1. The van der Waals surface area contributed by atoms with Crippen LogP contribution >= 0.6 is 11.6 Å². The molecule has 0 aromatic heterocycles. The Morgan fingerprint density at radius 1 is 1.35 bits per heavy atom. The Hall–Kier alpha value is -1.50. The van der Waals surface area contributed by atoms with Crippen LogP contribution in [0.4, 0.5) is 5.69 Å². The van der Waals surface area contributed by atoms with Crippen LogP contribution in [0.5, 0.6) is 0 Å². The maximum atomic E-state index is 12.3. The van der Waals surface area contributed by atoms with Crippen LogP contribution in [-0.2, 0) is 4.79 Å². The van der Waals surface area contributed by atoms with E-state index in [-0.39, 0.29) is 18.4 Å². The Balaban J connectivity index is 1.75. The molecule has 2 N–H and O–H groups in total. The molecule has 2 fully saturated rings. The smallest absolute Gasteiger partial charge is 0.227 e. The highest BCUT2D eigenvalue weighted by Crippen LogP contribution is 2.54. The van der Waals surface area contributed by atoms with Crippen molar-refractivity contribution in [2.75, 3.05) is 11.9 Å². The molecule has 0 aliphatic heterocycles. The summed E-state index contributed by atoms with van der Waals surface area (Å²) in [6.45, 7) is -0.206. The number of carbonyl (C=O) groups excluding carboxylic acids is 1. The number of benzene rings is 1. The molecule has 2 atom stereocenters. The average molecular weight is 290 g/mol. The molecule has 20 heavy (non-hydrogen) atoms. The van der Waals surface area contributed by atoms with Crippen molar-refractivity contribution in [3.63, 3.8) is 0 Å². The second-order valence-corrected chi connectivity index (χ2v) is 6.00. The molecule has 4 heteroatoms. The fraction of sp³-hybridized carbons (Fsp3) is 0.438. The molecule has 3 nitrogen and oxygen atoms in total. The van der Waals surface area contributed by atoms with E-state index in [0.717, 1.165) is 24.7 Å². The van der Waals surface area contributed by atoms with E-state index in [1.165, 1.54) is 6.42 Å². The molecule has 2 aliphatic rings. The van der Waals surface area contributed by atoms with E-state index in [2.05, 4.69) is 17.2 Å². The van der Waals surface area contributed by atoms with Gasteiger partial charge in [0.1, 0.15) is 6.61 Å². The number of rotatable bonds is 2. The van der Waals surface area contributed by atoms with Gasteiger partial charge in [0, 0.05) is 16.5 Å². The minimum absolute atomic E-state index is 0.0616. The van der Waals surface area contributed by atoms with Crippen LogP contribution < -0.4 is 5.32 Å². The molecule has 1 aromatic rings. The first-order valence-electron chi connectivity index (χ1n) is 6.87. The second kappa shape index (κ2) is 5.47. The Bertz CT molecular complexity index is 592. The van der Waals surface area contributed by atoms with Gasteiger partial charge in [0.15, 0.2) is 0 Å². The summed E-state index contributed by atoms with van der Waals surface area (Å²) >= 11 is 5.98. The lowest BCUT2D eigenvalue weighted by atomic mass is 10.0. The highest BCUT2D eigenvalue weighted by atomic mass is 35.5. The summed E-state index contributed by atoms with van der Waals surface area (Å²) in [7, 11) is 0. The largest absolute Gasteiger partial charge is 0.384 e. The van der Waals surface area contributed by atoms with E-state index in [1.54, 1.807) is 18.2 Å². The minimum Gasteiger partial charge on any atom is -0.384 e. The van der Waals surface area contributed by atoms with Gasteiger partial charge in [0.2, 0.25) is 5.91 Å². The van der Waals surface area contributed by atoms with Crippen molar-refractivity contribution in [3.8, 4) is 11.8 Å². The SMILES string of the molecule is O=C(Nc1cc(Cl)ccc1C#CCO)C1CC2CC2C1. The number of fused-ring (bicyclic) bond motifs is 1. The summed E-state index contributed by atoms with van der Waals surface area (Å²) in [5, 5.41) is 12.3. The molecule has 104 valence electrons. The summed E-state index contributed by atoms with van der Waals surface area (Å²) in [4.78, 5) is 12.3. The third kappa shape index (κ3) is 2.82. The van der Waals surface area contributed by atoms with Gasteiger partial charge < -0.3 is 10.4 Å². The zero-order valence-corrected chi connectivity index (χ0v) is 11.8. The zero-order valence-electron chi connectivity index (χ0n) is 11.0. The fourth-order valence-electron chi connectivity index (χ4n) is 3.03. The molecule has 0 bridgehead atoms. The van der Waals surface area contributed by atoms with E-state index >= 15 is 0 Å². The Morgan fingerprint density at radius 2 is 2.10 bits per heavy atom. The lowest BCUT2D eigenvalue weighted by molar-refractivity contribution is -0.120. The molecule has 1 aromatic carbocycles. The topological polar surface area (TPSA) is 49.3 Å². The van der Waals surface area contributed by atoms with Crippen molar-refractivity contribution >= 4 is 23.2 Å². The van der Waals surface area contributed by atoms with E-state index in [1.807, 2.05) is 0 Å². The number of hydrogen-bond acceptors (Lipinski definition) is 2. The minimum atomic E-state index is -0.206. The standard InChI is InChI=1S/C16H16ClNO2/c17-14-4-3-10(2-1-5-19)15(9-14)18-16(20)13-7-11-6-12(11)8-13/h3-4,9,11-13,19H,5-8H2,(H,18,20). The summed E-state index contributed by atoms with van der Waals surface area (Å²) in [6.07, 6.45) is 3.32. The van der Waals surface area contributed by atoms with Gasteiger partial charge in [-0.1, -0.05) is 23.4 Å². The van der Waals surface area contributed by atoms with Gasteiger partial charge in [-0.3, -0.25) is 4.79 Å². The summed E-state index contributed by atoms with van der Waals surface area (Å²) in [5.74, 6) is 7.16. The lowest BCUT2D eigenvalue weighted by Crippen LogP contribution is -2.22. The third-order valence-corrected chi connectivity index (χ3v) is 4.39. The number of anilines is 1. The quantitative estimate of drug-likeness (QED) is 0.823. The normalized spacial score (nSPS) is 26.4. The highest BCUT2D eigenvalue weighted by Gasteiger charge is 2.48. The van der Waals surface area contributed by atoms with E-state index in [0.29, 0.717) is 16.3 Å². The number of hydrogen-bond donors (Lipinski definition) is 2. The number of halogens is 1. The van der Waals surface area contributed by atoms with Crippen LogP contribution in [0.1, 0.15) is 24.8 Å². The molecule has 0 saturated heterocycles. The van der Waals surface area contributed by atoms with Crippen LogP contribution in [-0.4, -0.2) is 17.6 Å². The van der Waals surface area contributed by atoms with Crippen molar-refractivity contribution in [1.29, 1.82) is 0 Å². The number of amides is 1. The van der Waals surface area contributed by atoms with Crippen LogP contribution in [0.15, 0.2) is 18.2 Å². The molecule has 0 heterocycles. The van der Waals surface area contributed by atoms with Crippen LogP contribution in [0, 0.1) is 29.6 Å². The van der Waals surface area contributed by atoms with Crippen molar-refractivity contribution in [3.05, 3.63) is 28.8 Å². The number of aliphatic hydroxyl groups excluding tert-OH is 1. The molecular weight excluding hydrogens is 274 g/mol. The van der Waals surface area contributed by atoms with Gasteiger partial charge >= 0.3 is 0 Å². The van der Waals surface area contributed by atoms with Gasteiger partial charge in [0.05, 0.1) is 5.69 Å². The first kappa shape index (κ1) is 13.5. The van der Waals surface area contributed by atoms with Gasteiger partial charge in [-0.25, -0.2) is 0 Å². The maximum Gasteiger partial charge on any atom is 0.227 e. The van der Waals surface area contributed by atoms with Crippen molar-refractivity contribution in [2.24, 2.45) is 17.8 Å². The maximum absolute atomic E-state index is 12.3. The molecular formula is C16H16ClNO2. The average Bonchev–Trinajstić information content (AvgIpc) is 3.04. The van der Waals surface area contributed by atoms with E-state index in [9.17, 15) is 4.79 Å². The summed E-state index contributed by atoms with van der Waals surface area (Å²) in [5.41, 5.74) is 1.31. The van der Waals surface area contributed by atoms with E-state index in [4.69, 9.17) is 16.7 Å². The molecule has 0 spiro atoms. The third-order valence-electron chi connectivity index (χ3n) is 4.16. The molecule has 0 radical (unpaired) electrons. The van der Waals surface area contributed by atoms with Gasteiger partial charge in [-0.05, 0) is 49.3 Å². The molecule has 2 aliphatic carbocycles. The number of carbonyl (C=O) groups is 1. The number of aliphatic hydroxyl groups is 1. The van der Waals surface area contributed by atoms with Gasteiger partial charge in [-0.15, -0.1) is 0 Å². The summed E-state index contributed by atoms with van der Waals surface area (Å²) in [6, 6.07) is 5.19. The zero-order chi connectivity index (χ0) is 14.1. The predicted molar refractivity (Wildman–Crippen MR) is 78.4 cm³/mol. The summed E-state index contributed by atoms with van der Waals surface area (Å²) < 4.78 is 0. The molecule has 1 amide bonds. The van der Waals surface area contributed by atoms with Crippen LogP contribution in [0.3, 0.4) is 0 Å². The van der Waals surface area contributed by atoms with Crippen LogP contribution in [0.2, 0.25) is 5.02 Å². The van der Waals surface area contributed by atoms with Crippen molar-refractivity contribution in [2.45, 2.75) is 19.3 Å². The second-order valence-electron chi connectivity index (χ2n) is 5.56. The Morgan fingerprint density at radius 3 is 2.80 bits per heavy atom. The Kier molecular flexibility index (Phi) is 3.69. The highest BCUT2D eigenvalue weighted by molar-refractivity contribution is 6.31. The van der Waals surface area contributed by atoms with Gasteiger partial charge in [-0.2, -0.15) is 0 Å². The lowest BCUT2D eigenvalue weighted by Gasteiger charge is -2.13. The van der Waals surface area contributed by atoms with Crippen LogP contribution in [0.25, 0.3) is 0 Å². The molecule has 3 rings (SSSR count). The predicted octanol–water partition coefficient (Wildman–Crippen LogP) is 2.67. The van der Waals surface area contributed by atoms with Crippen molar-refractivity contribution < 1.29 is 9.90 Å². The van der Waals surface area contributed by atoms with E-state index < -0.39 is 0 Å². The first-order chi connectivity index (χ1) is 9.67. The van der Waals surface area contributed by atoms with Crippen molar-refractivity contribution in [1.82, 2.24) is 0 Å². The van der Waals surface area contributed by atoms with Gasteiger partial charge in [0.25, 0.3) is 0 Å². The first-order valence-corrected chi connectivity index (χ1v) is 7.25.